The van der Waals surface area contributed by atoms with E-state index in [0.717, 1.165) is 5.69 Å². The number of carbonyl (C=O) groups excluding carboxylic acids is 1. The highest BCUT2D eigenvalue weighted by Gasteiger charge is 2.43. The highest BCUT2D eigenvalue weighted by Crippen LogP contribution is 2.34. The number of aliphatic hydroxyl groups excluding tert-OH is 1. The molecule has 5 rings (SSSR count). The number of hydrogen-bond donors (Lipinski definition) is 1. The molecule has 10 heteroatoms. The van der Waals surface area contributed by atoms with Gasteiger partial charge in [0.25, 0.3) is 5.91 Å². The number of benzene rings is 1. The summed E-state index contributed by atoms with van der Waals surface area (Å²) in [6.07, 6.45) is 2.98. The van der Waals surface area contributed by atoms with E-state index in [1.807, 2.05) is 6.92 Å². The van der Waals surface area contributed by atoms with Crippen LogP contribution in [0.25, 0.3) is 5.69 Å². The van der Waals surface area contributed by atoms with Crippen molar-refractivity contribution in [1.82, 2.24) is 29.9 Å². The zero-order valence-corrected chi connectivity index (χ0v) is 17.0. The van der Waals surface area contributed by atoms with Gasteiger partial charge in [-0.2, -0.15) is 15.0 Å². The summed E-state index contributed by atoms with van der Waals surface area (Å²) in [7, 11) is 0. The number of likely N-dealkylation sites (tertiary alicyclic amines) is 1. The number of aliphatic hydroxyl groups is 1. The van der Waals surface area contributed by atoms with Crippen LogP contribution in [0.4, 0.5) is 10.3 Å². The van der Waals surface area contributed by atoms with Gasteiger partial charge in [-0.1, -0.05) is 6.07 Å². The van der Waals surface area contributed by atoms with E-state index in [0.29, 0.717) is 43.5 Å². The van der Waals surface area contributed by atoms with E-state index < -0.39 is 5.82 Å². The smallest absolute Gasteiger partial charge is 0.259 e. The Morgan fingerprint density at radius 2 is 1.84 bits per heavy atom. The van der Waals surface area contributed by atoms with Gasteiger partial charge in [0.2, 0.25) is 5.95 Å². The molecule has 2 aromatic heterocycles. The molecule has 1 aromatic carbocycles. The fraction of sp³-hybridized carbons (Fsp3) is 0.381. The molecular formula is C21H22FN7O2. The van der Waals surface area contributed by atoms with Crippen molar-refractivity contribution in [3.8, 4) is 5.69 Å². The molecule has 2 unspecified atom stereocenters. The van der Waals surface area contributed by atoms with Gasteiger partial charge in [0, 0.05) is 43.7 Å². The molecule has 160 valence electrons. The van der Waals surface area contributed by atoms with Crippen LogP contribution in [0.2, 0.25) is 0 Å². The van der Waals surface area contributed by atoms with E-state index in [1.54, 1.807) is 23.1 Å². The number of amides is 1. The normalized spacial score (nSPS) is 20.4. The van der Waals surface area contributed by atoms with Gasteiger partial charge < -0.3 is 14.9 Å². The Kier molecular flexibility index (Phi) is 4.85. The molecule has 4 heterocycles. The fourth-order valence-corrected chi connectivity index (χ4v) is 4.55. The number of carbonyl (C=O) groups is 1. The lowest BCUT2D eigenvalue weighted by Crippen LogP contribution is -2.35. The molecule has 2 aliphatic rings. The Morgan fingerprint density at radius 1 is 1.13 bits per heavy atom. The third-order valence-corrected chi connectivity index (χ3v) is 5.95. The minimum atomic E-state index is -0.580. The molecule has 0 aliphatic carbocycles. The highest BCUT2D eigenvalue weighted by molar-refractivity contribution is 5.98. The van der Waals surface area contributed by atoms with E-state index in [4.69, 9.17) is 0 Å². The lowest BCUT2D eigenvalue weighted by molar-refractivity contribution is 0.0777. The van der Waals surface area contributed by atoms with Gasteiger partial charge in [0.1, 0.15) is 17.1 Å². The average molecular weight is 423 g/mol. The van der Waals surface area contributed by atoms with Crippen LogP contribution in [0.1, 0.15) is 21.7 Å². The molecular weight excluding hydrogens is 401 g/mol. The van der Waals surface area contributed by atoms with Crippen LogP contribution in [0.3, 0.4) is 0 Å². The molecule has 0 bridgehead atoms. The largest absolute Gasteiger partial charge is 0.390 e. The molecule has 0 radical (unpaired) electrons. The van der Waals surface area contributed by atoms with Gasteiger partial charge in [0.15, 0.2) is 0 Å². The second kappa shape index (κ2) is 7.69. The Bertz CT molecular complexity index is 1110. The second-order valence-electron chi connectivity index (χ2n) is 8.05. The molecule has 2 saturated heterocycles. The summed E-state index contributed by atoms with van der Waals surface area (Å²) in [4.78, 5) is 27.3. The van der Waals surface area contributed by atoms with Gasteiger partial charge in [-0.25, -0.2) is 14.4 Å². The third-order valence-electron chi connectivity index (χ3n) is 5.95. The second-order valence-corrected chi connectivity index (χ2v) is 8.05. The number of halogens is 1. The minimum Gasteiger partial charge on any atom is -0.390 e. The summed E-state index contributed by atoms with van der Waals surface area (Å²) >= 11 is 0. The summed E-state index contributed by atoms with van der Waals surface area (Å²) in [6.45, 7) is 4.26. The maximum atomic E-state index is 14.7. The number of hydrogen-bond acceptors (Lipinski definition) is 7. The third kappa shape index (κ3) is 3.52. The average Bonchev–Trinajstić information content (AvgIpc) is 3.49. The first-order valence-electron chi connectivity index (χ1n) is 10.2. The van der Waals surface area contributed by atoms with Gasteiger partial charge in [-0.15, -0.1) is 0 Å². The zero-order chi connectivity index (χ0) is 21.5. The number of nitrogens with zero attached hydrogens (tertiary/aromatic N) is 7. The van der Waals surface area contributed by atoms with Crippen LogP contribution in [0.5, 0.6) is 0 Å². The van der Waals surface area contributed by atoms with Gasteiger partial charge in [-0.05, 0) is 25.1 Å². The predicted molar refractivity (Wildman–Crippen MR) is 109 cm³/mol. The molecule has 3 aromatic rings. The maximum absolute atomic E-state index is 14.7. The molecule has 2 aliphatic heterocycles. The SMILES string of the molecule is Cc1cc(CO)nc(N2CC3CN(C(=O)c4c(F)cccc4-n4nccn4)CC3C2)n1. The van der Waals surface area contributed by atoms with Crippen molar-refractivity contribution >= 4 is 11.9 Å². The van der Waals surface area contributed by atoms with Crippen LogP contribution >= 0.6 is 0 Å². The van der Waals surface area contributed by atoms with Crippen LogP contribution in [0.15, 0.2) is 36.7 Å². The quantitative estimate of drug-likeness (QED) is 0.673. The summed E-state index contributed by atoms with van der Waals surface area (Å²) < 4.78 is 14.7. The van der Waals surface area contributed by atoms with Crippen molar-refractivity contribution in [3.63, 3.8) is 0 Å². The van der Waals surface area contributed by atoms with E-state index >= 15 is 0 Å². The first-order chi connectivity index (χ1) is 15.0. The predicted octanol–water partition coefficient (Wildman–Crippen LogP) is 1.21. The summed E-state index contributed by atoms with van der Waals surface area (Å²) in [5.74, 6) is 0.189. The van der Waals surface area contributed by atoms with Crippen molar-refractivity contribution in [1.29, 1.82) is 0 Å². The lowest BCUT2D eigenvalue weighted by Gasteiger charge is -2.23. The van der Waals surface area contributed by atoms with E-state index in [1.165, 1.54) is 23.3 Å². The highest BCUT2D eigenvalue weighted by atomic mass is 19.1. The summed E-state index contributed by atoms with van der Waals surface area (Å²) in [5, 5.41) is 17.5. The Hall–Kier alpha value is -3.40. The van der Waals surface area contributed by atoms with Crippen molar-refractivity contribution in [2.45, 2.75) is 13.5 Å². The number of rotatable bonds is 4. The van der Waals surface area contributed by atoms with Crippen molar-refractivity contribution < 1.29 is 14.3 Å². The molecule has 2 atom stereocenters. The van der Waals surface area contributed by atoms with Gasteiger partial charge in [0.05, 0.1) is 24.7 Å². The Balaban J connectivity index is 1.34. The van der Waals surface area contributed by atoms with Crippen molar-refractivity contribution in [2.24, 2.45) is 11.8 Å². The van der Waals surface area contributed by atoms with Crippen molar-refractivity contribution in [2.75, 3.05) is 31.1 Å². The molecule has 1 N–H and O–H groups in total. The number of aromatic nitrogens is 5. The lowest BCUT2D eigenvalue weighted by atomic mass is 10.0. The molecule has 9 nitrogen and oxygen atoms in total. The topological polar surface area (TPSA) is 100 Å². The zero-order valence-electron chi connectivity index (χ0n) is 17.0. The van der Waals surface area contributed by atoms with E-state index in [2.05, 4.69) is 25.1 Å². The minimum absolute atomic E-state index is 0.00913. The number of anilines is 1. The first kappa shape index (κ1) is 19.6. The molecule has 0 spiro atoms. The number of aryl methyl sites for hydroxylation is 1. The van der Waals surface area contributed by atoms with E-state index in [-0.39, 0.29) is 29.9 Å². The fourth-order valence-electron chi connectivity index (χ4n) is 4.55. The monoisotopic (exact) mass is 423 g/mol. The Labute approximate surface area is 178 Å². The summed E-state index contributed by atoms with van der Waals surface area (Å²) in [5.41, 5.74) is 1.72. The molecule has 0 saturated carbocycles. The standard InChI is InChI=1S/C21H22FN7O2/c1-13-7-16(12-30)26-21(25-13)28-10-14-8-27(9-15(14)11-28)20(31)19-17(22)3-2-4-18(19)29-23-5-6-24-29/h2-7,14-15,30H,8-12H2,1H3. The Morgan fingerprint density at radius 3 is 2.52 bits per heavy atom. The van der Waals surface area contributed by atoms with Gasteiger partial charge in [-0.3, -0.25) is 4.79 Å². The van der Waals surface area contributed by atoms with Crippen LogP contribution in [0, 0.1) is 24.6 Å². The first-order valence-corrected chi connectivity index (χ1v) is 10.2. The van der Waals surface area contributed by atoms with Crippen LogP contribution < -0.4 is 4.90 Å². The molecule has 31 heavy (non-hydrogen) atoms. The van der Waals surface area contributed by atoms with Crippen molar-refractivity contribution in [3.05, 3.63) is 59.4 Å². The number of fused-ring (bicyclic) bond motifs is 1. The molecule has 2 fully saturated rings. The molecule has 1 amide bonds. The van der Waals surface area contributed by atoms with E-state index in [9.17, 15) is 14.3 Å². The summed E-state index contributed by atoms with van der Waals surface area (Å²) in [6, 6.07) is 6.24. The maximum Gasteiger partial charge on any atom is 0.259 e. The van der Waals surface area contributed by atoms with Crippen LogP contribution in [-0.2, 0) is 6.61 Å². The van der Waals surface area contributed by atoms with Gasteiger partial charge >= 0.3 is 0 Å². The van der Waals surface area contributed by atoms with Crippen LogP contribution in [-0.4, -0.2) is 67.1 Å².